The van der Waals surface area contributed by atoms with Crippen LogP contribution in [0.3, 0.4) is 0 Å². The summed E-state index contributed by atoms with van der Waals surface area (Å²) in [5.74, 6) is -0.452. The molecular weight excluding hydrogens is 537 g/mol. The smallest absolute Gasteiger partial charge is 0.429 e. The van der Waals surface area contributed by atoms with Gasteiger partial charge in [0.15, 0.2) is 0 Å². The van der Waals surface area contributed by atoms with Crippen LogP contribution in [-0.4, -0.2) is 41.9 Å². The van der Waals surface area contributed by atoms with Crippen LogP contribution >= 0.6 is 0 Å². The van der Waals surface area contributed by atoms with E-state index in [1.54, 1.807) is 61.5 Å². The Labute approximate surface area is 235 Å². The minimum atomic E-state index is -4.74. The number of carbonyl (C=O) groups excluding carboxylic acids is 1. The van der Waals surface area contributed by atoms with Gasteiger partial charge in [0.1, 0.15) is 11.8 Å². The maximum absolute atomic E-state index is 14.1. The van der Waals surface area contributed by atoms with Crippen molar-refractivity contribution >= 4 is 11.9 Å². The number of esters is 1. The van der Waals surface area contributed by atoms with Crippen molar-refractivity contribution in [1.82, 2.24) is 9.97 Å². The first-order valence-electron chi connectivity index (χ1n) is 12.7. The molecule has 0 saturated heterocycles. The molecule has 214 valence electrons. The molecule has 3 aromatic carbocycles. The van der Waals surface area contributed by atoms with E-state index in [0.29, 0.717) is 16.9 Å². The van der Waals surface area contributed by atoms with Crippen LogP contribution in [0.4, 0.5) is 19.1 Å². The number of aromatic nitrogens is 2. The summed E-state index contributed by atoms with van der Waals surface area (Å²) in [6.07, 6.45) is -6.78. The van der Waals surface area contributed by atoms with E-state index in [9.17, 15) is 18.0 Å². The number of anilines is 1. The van der Waals surface area contributed by atoms with Crippen LogP contribution < -0.4 is 20.9 Å². The number of hydrogen-bond donors (Lipinski definition) is 2. The molecule has 0 unspecified atom stereocenters. The monoisotopic (exact) mass is 566 g/mol. The third-order valence-electron chi connectivity index (χ3n) is 6.17. The summed E-state index contributed by atoms with van der Waals surface area (Å²) in [4.78, 5) is 19.8. The quantitative estimate of drug-likeness (QED) is 0.241. The van der Waals surface area contributed by atoms with Crippen molar-refractivity contribution in [3.8, 4) is 34.0 Å². The average Bonchev–Trinajstić information content (AvgIpc) is 2.95. The number of nitrogen functional groups attached to an aromatic ring is 1. The van der Waals surface area contributed by atoms with Gasteiger partial charge in [-0.3, -0.25) is 4.79 Å². The fourth-order valence-corrected chi connectivity index (χ4v) is 4.15. The Morgan fingerprint density at radius 2 is 1.61 bits per heavy atom. The topological polar surface area (TPSA) is 123 Å². The van der Waals surface area contributed by atoms with E-state index in [4.69, 9.17) is 25.7 Å². The number of methoxy groups -OCH3 is 1. The van der Waals surface area contributed by atoms with Crippen molar-refractivity contribution < 1.29 is 32.2 Å². The molecular formula is C30H29F3N4O4. The van der Waals surface area contributed by atoms with Gasteiger partial charge in [-0.2, -0.15) is 18.2 Å². The molecule has 2 atom stereocenters. The molecule has 0 fully saturated rings. The summed E-state index contributed by atoms with van der Waals surface area (Å²) < 4.78 is 57.9. The molecule has 0 amide bonds. The molecule has 0 radical (unpaired) electrons. The highest BCUT2D eigenvalue weighted by Crippen LogP contribution is 2.38. The fourth-order valence-electron chi connectivity index (χ4n) is 4.15. The van der Waals surface area contributed by atoms with Crippen LogP contribution in [0.25, 0.3) is 22.4 Å². The SMILES string of the molecule is CCOC(=O)[C@@H](N)Cc1ccc(-c2cc(O[C@H](c3ccc(-c4cccc(OC)c4)cc3)C(F)(F)F)nc(N)n2)cc1. The van der Waals surface area contributed by atoms with Crippen molar-refractivity contribution in [3.05, 3.63) is 90.0 Å². The lowest BCUT2D eigenvalue weighted by Crippen LogP contribution is -2.34. The minimum absolute atomic E-state index is 0.106. The Hall–Kier alpha value is -4.64. The first-order chi connectivity index (χ1) is 19.6. The molecule has 1 aromatic heterocycles. The van der Waals surface area contributed by atoms with Gasteiger partial charge in [0.2, 0.25) is 17.9 Å². The lowest BCUT2D eigenvalue weighted by Gasteiger charge is -2.22. The summed E-state index contributed by atoms with van der Waals surface area (Å²) in [6, 6.07) is 20.4. The third kappa shape index (κ3) is 7.52. The maximum atomic E-state index is 14.1. The van der Waals surface area contributed by atoms with Crippen molar-refractivity contribution in [2.24, 2.45) is 5.73 Å². The molecule has 0 spiro atoms. The van der Waals surface area contributed by atoms with Crippen LogP contribution in [0.5, 0.6) is 11.6 Å². The number of carbonyl (C=O) groups is 1. The van der Waals surface area contributed by atoms with Gasteiger partial charge in [-0.25, -0.2) is 4.98 Å². The summed E-state index contributed by atoms with van der Waals surface area (Å²) in [7, 11) is 1.54. The minimum Gasteiger partial charge on any atom is -0.497 e. The van der Waals surface area contributed by atoms with Crippen LogP contribution in [-0.2, 0) is 16.0 Å². The predicted molar refractivity (Wildman–Crippen MR) is 148 cm³/mol. The van der Waals surface area contributed by atoms with E-state index in [1.807, 2.05) is 6.07 Å². The molecule has 0 aliphatic rings. The number of hydrogen-bond acceptors (Lipinski definition) is 8. The van der Waals surface area contributed by atoms with Crippen LogP contribution in [0.15, 0.2) is 78.9 Å². The molecule has 0 bridgehead atoms. The summed E-state index contributed by atoms with van der Waals surface area (Å²) in [5.41, 5.74) is 14.7. The molecule has 0 saturated carbocycles. The molecule has 0 aliphatic heterocycles. The number of nitrogens with two attached hydrogens (primary N) is 2. The summed E-state index contributed by atoms with van der Waals surface area (Å²) >= 11 is 0. The van der Waals surface area contributed by atoms with Gasteiger partial charge in [-0.1, -0.05) is 60.7 Å². The number of alkyl halides is 3. The second-order valence-electron chi connectivity index (χ2n) is 9.10. The maximum Gasteiger partial charge on any atom is 0.429 e. The number of ether oxygens (including phenoxy) is 3. The second kappa shape index (κ2) is 12.7. The Balaban J connectivity index is 1.55. The first-order valence-corrected chi connectivity index (χ1v) is 12.7. The second-order valence-corrected chi connectivity index (χ2v) is 9.10. The third-order valence-corrected chi connectivity index (χ3v) is 6.17. The van der Waals surface area contributed by atoms with Gasteiger partial charge in [-0.15, -0.1) is 0 Å². The van der Waals surface area contributed by atoms with Crippen molar-refractivity contribution in [1.29, 1.82) is 0 Å². The summed E-state index contributed by atoms with van der Waals surface area (Å²) in [6.45, 7) is 1.93. The van der Waals surface area contributed by atoms with Crippen LogP contribution in [0.1, 0.15) is 24.2 Å². The highest BCUT2D eigenvalue weighted by atomic mass is 19.4. The Kier molecular flexibility index (Phi) is 9.08. The summed E-state index contributed by atoms with van der Waals surface area (Å²) in [5, 5.41) is 0. The van der Waals surface area contributed by atoms with Crippen molar-refractivity contribution in [3.63, 3.8) is 0 Å². The van der Waals surface area contributed by atoms with Gasteiger partial charge >= 0.3 is 12.1 Å². The highest BCUT2D eigenvalue weighted by Gasteiger charge is 2.43. The molecule has 1 heterocycles. The molecule has 4 aromatic rings. The Bertz CT molecular complexity index is 1480. The number of benzene rings is 3. The largest absolute Gasteiger partial charge is 0.497 e. The zero-order chi connectivity index (χ0) is 29.6. The Morgan fingerprint density at radius 3 is 2.24 bits per heavy atom. The van der Waals surface area contributed by atoms with Gasteiger partial charge in [0, 0.05) is 17.2 Å². The molecule has 4 rings (SSSR count). The van der Waals surface area contributed by atoms with Gasteiger partial charge < -0.3 is 25.7 Å². The van der Waals surface area contributed by atoms with E-state index in [-0.39, 0.29) is 36.1 Å². The van der Waals surface area contributed by atoms with Gasteiger partial charge in [0.05, 0.1) is 19.4 Å². The van der Waals surface area contributed by atoms with Crippen molar-refractivity contribution in [2.75, 3.05) is 19.5 Å². The Morgan fingerprint density at radius 1 is 0.927 bits per heavy atom. The zero-order valence-electron chi connectivity index (χ0n) is 22.4. The standard InChI is InChI=1S/C30H29F3N4O4/c1-3-40-28(38)24(34)15-18-7-9-20(10-8-18)25-17-26(37-29(35)36-25)41-27(30(31,32)33)21-13-11-19(12-14-21)22-5-4-6-23(16-22)39-2/h4-14,16-17,24,27H,3,15,34H2,1-2H3,(H2,35,36,37)/t24-,27+/m0/s1. The van der Waals surface area contributed by atoms with Crippen molar-refractivity contribution in [2.45, 2.75) is 31.7 Å². The van der Waals surface area contributed by atoms with Crippen LogP contribution in [0.2, 0.25) is 0 Å². The lowest BCUT2D eigenvalue weighted by atomic mass is 10.0. The highest BCUT2D eigenvalue weighted by molar-refractivity contribution is 5.76. The first kappa shape index (κ1) is 29.3. The molecule has 0 aliphatic carbocycles. The normalized spacial score (nSPS) is 12.8. The van der Waals surface area contributed by atoms with E-state index >= 15 is 0 Å². The lowest BCUT2D eigenvalue weighted by molar-refractivity contribution is -0.198. The van der Waals surface area contributed by atoms with E-state index in [1.165, 1.54) is 25.3 Å². The van der Waals surface area contributed by atoms with E-state index in [0.717, 1.165) is 11.1 Å². The van der Waals surface area contributed by atoms with Gasteiger partial charge in [0.25, 0.3) is 0 Å². The number of halogens is 3. The number of nitrogens with zero attached hydrogens (tertiary/aromatic N) is 2. The predicted octanol–water partition coefficient (Wildman–Crippen LogP) is 5.52. The molecule has 4 N–H and O–H groups in total. The van der Waals surface area contributed by atoms with Crippen LogP contribution in [0, 0.1) is 0 Å². The van der Waals surface area contributed by atoms with E-state index < -0.39 is 24.3 Å². The number of rotatable bonds is 10. The molecule has 41 heavy (non-hydrogen) atoms. The average molecular weight is 567 g/mol. The molecule has 8 nitrogen and oxygen atoms in total. The molecule has 11 heteroatoms. The van der Waals surface area contributed by atoms with E-state index in [2.05, 4.69) is 9.97 Å². The van der Waals surface area contributed by atoms with Gasteiger partial charge in [-0.05, 0) is 42.2 Å². The zero-order valence-corrected chi connectivity index (χ0v) is 22.4. The fraction of sp³-hybridized carbons (Fsp3) is 0.233.